The first-order chi connectivity index (χ1) is 16.7. The average molecular weight is 453 g/mol. The number of nitrogens with one attached hydrogen (secondary N) is 1. The number of aryl methyl sites for hydroxylation is 1. The van der Waals surface area contributed by atoms with Gasteiger partial charge in [0.25, 0.3) is 5.56 Å². The van der Waals surface area contributed by atoms with Gasteiger partial charge in [-0.1, -0.05) is 60.7 Å². The molecule has 1 amide bonds. The monoisotopic (exact) mass is 452 g/mol. The summed E-state index contributed by atoms with van der Waals surface area (Å²) in [6, 6.07) is 27.6. The predicted molar refractivity (Wildman–Crippen MR) is 133 cm³/mol. The van der Waals surface area contributed by atoms with Crippen molar-refractivity contribution < 1.29 is 4.79 Å². The van der Waals surface area contributed by atoms with Crippen molar-refractivity contribution in [2.45, 2.75) is 31.7 Å². The second-order valence-electron chi connectivity index (χ2n) is 8.13. The zero-order chi connectivity index (χ0) is 23.6. The molecule has 0 atom stereocenters. The number of rotatable bonds is 10. The summed E-state index contributed by atoms with van der Waals surface area (Å²) in [6.45, 7) is 0.977. The van der Waals surface area contributed by atoms with Crippen molar-refractivity contribution in [2.75, 3.05) is 6.54 Å². The molecule has 0 saturated heterocycles. The van der Waals surface area contributed by atoms with Crippen LogP contribution >= 0.6 is 0 Å². The van der Waals surface area contributed by atoms with Crippen molar-refractivity contribution >= 4 is 5.91 Å². The highest BCUT2D eigenvalue weighted by atomic mass is 16.1. The lowest BCUT2D eigenvalue weighted by molar-refractivity contribution is -0.121. The summed E-state index contributed by atoms with van der Waals surface area (Å²) in [7, 11) is 0. The predicted octanol–water partition coefficient (Wildman–Crippen LogP) is 4.42. The van der Waals surface area contributed by atoms with Crippen molar-refractivity contribution in [3.8, 4) is 11.3 Å². The van der Waals surface area contributed by atoms with Gasteiger partial charge in [-0.2, -0.15) is 5.10 Å². The molecule has 34 heavy (non-hydrogen) atoms. The van der Waals surface area contributed by atoms with Gasteiger partial charge in [-0.25, -0.2) is 4.68 Å². The maximum atomic E-state index is 12.4. The van der Waals surface area contributed by atoms with Crippen LogP contribution in [-0.4, -0.2) is 27.2 Å². The van der Waals surface area contributed by atoms with E-state index in [-0.39, 0.29) is 17.4 Å². The summed E-state index contributed by atoms with van der Waals surface area (Å²) >= 11 is 0. The highest BCUT2D eigenvalue weighted by Gasteiger charge is 2.14. The lowest BCUT2D eigenvalue weighted by atomic mass is 9.88. The zero-order valence-corrected chi connectivity index (χ0v) is 19.0. The normalized spacial score (nSPS) is 10.9. The van der Waals surface area contributed by atoms with Crippen molar-refractivity contribution in [3.05, 3.63) is 119 Å². The van der Waals surface area contributed by atoms with Crippen LogP contribution in [0.3, 0.4) is 0 Å². The Morgan fingerprint density at radius 3 is 2.15 bits per heavy atom. The van der Waals surface area contributed by atoms with Crippen LogP contribution in [0.1, 0.15) is 36.3 Å². The Hall–Kier alpha value is -4.06. The van der Waals surface area contributed by atoms with Crippen LogP contribution in [-0.2, 0) is 11.3 Å². The maximum Gasteiger partial charge on any atom is 0.266 e. The van der Waals surface area contributed by atoms with E-state index in [9.17, 15) is 9.59 Å². The second-order valence-corrected chi connectivity index (χ2v) is 8.13. The molecule has 0 radical (unpaired) electrons. The largest absolute Gasteiger partial charge is 0.356 e. The van der Waals surface area contributed by atoms with Crippen molar-refractivity contribution in [1.29, 1.82) is 0 Å². The Kier molecular flexibility index (Phi) is 7.95. The van der Waals surface area contributed by atoms with Crippen LogP contribution < -0.4 is 10.9 Å². The summed E-state index contributed by atoms with van der Waals surface area (Å²) in [5.41, 5.74) is 3.91. The van der Waals surface area contributed by atoms with Gasteiger partial charge in [0.05, 0.1) is 5.69 Å². The van der Waals surface area contributed by atoms with E-state index in [1.54, 1.807) is 18.5 Å². The molecule has 1 N–H and O–H groups in total. The Bertz CT molecular complexity index is 1200. The fourth-order valence-corrected chi connectivity index (χ4v) is 4.02. The Morgan fingerprint density at radius 2 is 1.50 bits per heavy atom. The van der Waals surface area contributed by atoms with E-state index in [1.165, 1.54) is 21.9 Å². The molecule has 2 heterocycles. The standard InChI is InChI=1S/C28H28N4O2/c33-27(12-7-21-32-28(34)14-13-26(31-32)24-15-18-29-19-16-24)30-20-17-25(22-8-3-1-4-9-22)23-10-5-2-6-11-23/h1-6,8-11,13-16,18-19,25H,7,12,17,20-21H2,(H,30,33). The molecule has 0 aliphatic carbocycles. The van der Waals surface area contributed by atoms with Gasteiger partial charge >= 0.3 is 0 Å². The third kappa shape index (κ3) is 6.25. The fraction of sp³-hybridized carbons (Fsp3) is 0.214. The van der Waals surface area contributed by atoms with Gasteiger partial charge in [0.2, 0.25) is 5.91 Å². The van der Waals surface area contributed by atoms with Gasteiger partial charge in [0.15, 0.2) is 0 Å². The van der Waals surface area contributed by atoms with Crippen LogP contribution in [0.2, 0.25) is 0 Å². The fourth-order valence-electron chi connectivity index (χ4n) is 4.02. The maximum absolute atomic E-state index is 12.4. The average Bonchev–Trinajstić information content (AvgIpc) is 2.89. The SMILES string of the molecule is O=C(CCCn1nc(-c2ccncc2)ccc1=O)NCCC(c1ccccc1)c1ccccc1. The van der Waals surface area contributed by atoms with Crippen molar-refractivity contribution in [1.82, 2.24) is 20.1 Å². The summed E-state index contributed by atoms with van der Waals surface area (Å²) in [5.74, 6) is 0.208. The minimum absolute atomic E-state index is 0.0155. The number of pyridine rings is 1. The smallest absolute Gasteiger partial charge is 0.266 e. The first-order valence-corrected chi connectivity index (χ1v) is 11.6. The molecule has 0 fully saturated rings. The first kappa shape index (κ1) is 23.1. The molecule has 0 spiro atoms. The van der Waals surface area contributed by atoms with Gasteiger partial charge < -0.3 is 5.32 Å². The van der Waals surface area contributed by atoms with E-state index in [0.29, 0.717) is 31.6 Å². The molecule has 0 bridgehead atoms. The highest BCUT2D eigenvalue weighted by Crippen LogP contribution is 2.27. The minimum Gasteiger partial charge on any atom is -0.356 e. The second kappa shape index (κ2) is 11.7. The molecule has 0 unspecified atom stereocenters. The van der Waals surface area contributed by atoms with E-state index in [0.717, 1.165) is 12.0 Å². The molecule has 4 rings (SSSR count). The molecule has 4 aromatic rings. The van der Waals surface area contributed by atoms with Crippen molar-refractivity contribution in [2.24, 2.45) is 0 Å². The number of hydrogen-bond acceptors (Lipinski definition) is 4. The number of carbonyl (C=O) groups is 1. The van der Waals surface area contributed by atoms with Gasteiger partial charge in [-0.05, 0) is 42.2 Å². The summed E-state index contributed by atoms with van der Waals surface area (Å²) in [4.78, 5) is 28.6. The van der Waals surface area contributed by atoms with E-state index < -0.39 is 0 Å². The molecular formula is C28H28N4O2. The van der Waals surface area contributed by atoms with Gasteiger partial charge in [-0.15, -0.1) is 0 Å². The molecular weight excluding hydrogens is 424 g/mol. The van der Waals surface area contributed by atoms with Crippen LogP contribution in [0.15, 0.2) is 102 Å². The third-order valence-corrected chi connectivity index (χ3v) is 5.78. The number of nitrogens with zero attached hydrogens (tertiary/aromatic N) is 3. The van der Waals surface area contributed by atoms with E-state index >= 15 is 0 Å². The van der Waals surface area contributed by atoms with Crippen LogP contribution in [0.25, 0.3) is 11.3 Å². The lowest BCUT2D eigenvalue weighted by Gasteiger charge is -2.18. The Balaban J connectivity index is 1.29. The van der Waals surface area contributed by atoms with E-state index in [2.05, 4.69) is 39.7 Å². The molecule has 6 heteroatoms. The van der Waals surface area contributed by atoms with Crippen LogP contribution in [0, 0.1) is 0 Å². The number of benzene rings is 2. The van der Waals surface area contributed by atoms with E-state index in [1.807, 2.05) is 48.5 Å². The minimum atomic E-state index is -0.174. The van der Waals surface area contributed by atoms with Gasteiger partial charge in [0.1, 0.15) is 0 Å². The van der Waals surface area contributed by atoms with Crippen molar-refractivity contribution in [3.63, 3.8) is 0 Å². The van der Waals surface area contributed by atoms with E-state index in [4.69, 9.17) is 0 Å². The number of hydrogen-bond donors (Lipinski definition) is 1. The zero-order valence-electron chi connectivity index (χ0n) is 19.0. The number of carbonyl (C=O) groups excluding carboxylic acids is 1. The molecule has 2 aromatic heterocycles. The van der Waals surface area contributed by atoms with Gasteiger partial charge in [0, 0.05) is 49.5 Å². The molecule has 172 valence electrons. The van der Waals surface area contributed by atoms with Gasteiger partial charge in [-0.3, -0.25) is 14.6 Å². The Morgan fingerprint density at radius 1 is 0.853 bits per heavy atom. The topological polar surface area (TPSA) is 76.9 Å². The summed E-state index contributed by atoms with van der Waals surface area (Å²) in [6.07, 6.45) is 5.08. The van der Waals surface area contributed by atoms with Crippen LogP contribution in [0.4, 0.5) is 0 Å². The Labute approximate surface area is 199 Å². The number of aromatic nitrogens is 3. The molecule has 0 aliphatic heterocycles. The summed E-state index contributed by atoms with van der Waals surface area (Å²) < 4.78 is 1.42. The summed E-state index contributed by atoms with van der Waals surface area (Å²) in [5, 5.41) is 7.47. The quantitative estimate of drug-likeness (QED) is 0.386. The highest BCUT2D eigenvalue weighted by molar-refractivity contribution is 5.75. The lowest BCUT2D eigenvalue weighted by Crippen LogP contribution is -2.27. The molecule has 0 aliphatic rings. The first-order valence-electron chi connectivity index (χ1n) is 11.6. The van der Waals surface area contributed by atoms with Crippen LogP contribution in [0.5, 0.6) is 0 Å². The molecule has 2 aromatic carbocycles. The third-order valence-electron chi connectivity index (χ3n) is 5.78. The number of amides is 1. The molecule has 0 saturated carbocycles. The molecule has 6 nitrogen and oxygen atoms in total.